The SMILES string of the molecule is COc1ccccc1C(C)NC(=O)COc1ccc(S(=O)(=O)Nc2ccc(Cl)cc2)cc1. The predicted molar refractivity (Wildman–Crippen MR) is 124 cm³/mol. The Labute approximate surface area is 192 Å². The van der Waals surface area contributed by atoms with E-state index in [-0.39, 0.29) is 23.5 Å². The van der Waals surface area contributed by atoms with Crippen LogP contribution in [0.1, 0.15) is 18.5 Å². The lowest BCUT2D eigenvalue weighted by Crippen LogP contribution is -2.31. The van der Waals surface area contributed by atoms with E-state index in [9.17, 15) is 13.2 Å². The third-order valence-electron chi connectivity index (χ3n) is 4.58. The smallest absolute Gasteiger partial charge is 0.261 e. The Morgan fingerprint density at radius 3 is 2.31 bits per heavy atom. The topological polar surface area (TPSA) is 93.7 Å². The first-order valence-electron chi connectivity index (χ1n) is 9.72. The van der Waals surface area contributed by atoms with Crippen LogP contribution >= 0.6 is 11.6 Å². The highest BCUT2D eigenvalue weighted by molar-refractivity contribution is 7.92. The molecule has 0 saturated heterocycles. The molecule has 3 rings (SSSR count). The molecule has 0 aliphatic rings. The number of carbonyl (C=O) groups is 1. The van der Waals surface area contributed by atoms with Crippen molar-refractivity contribution in [3.63, 3.8) is 0 Å². The van der Waals surface area contributed by atoms with E-state index < -0.39 is 10.0 Å². The van der Waals surface area contributed by atoms with Crippen molar-refractivity contribution < 1.29 is 22.7 Å². The van der Waals surface area contributed by atoms with Crippen LogP contribution in [0.3, 0.4) is 0 Å². The van der Waals surface area contributed by atoms with Gasteiger partial charge in [0, 0.05) is 16.3 Å². The average molecular weight is 475 g/mol. The molecule has 3 aromatic carbocycles. The summed E-state index contributed by atoms with van der Waals surface area (Å²) in [5.41, 5.74) is 1.25. The van der Waals surface area contributed by atoms with Gasteiger partial charge in [-0.05, 0) is 61.5 Å². The zero-order valence-corrected chi connectivity index (χ0v) is 19.1. The molecule has 1 amide bonds. The van der Waals surface area contributed by atoms with Gasteiger partial charge in [0.05, 0.1) is 18.0 Å². The summed E-state index contributed by atoms with van der Waals surface area (Å²) in [5.74, 6) is 0.741. The normalized spacial score (nSPS) is 12.0. The Hall–Kier alpha value is -3.23. The molecular weight excluding hydrogens is 452 g/mol. The van der Waals surface area contributed by atoms with Crippen LogP contribution < -0.4 is 19.5 Å². The summed E-state index contributed by atoms with van der Waals surface area (Å²) in [4.78, 5) is 12.3. The van der Waals surface area contributed by atoms with Crippen LogP contribution in [0.2, 0.25) is 5.02 Å². The van der Waals surface area contributed by atoms with Crippen molar-refractivity contribution in [1.29, 1.82) is 0 Å². The summed E-state index contributed by atoms with van der Waals surface area (Å²) in [6.07, 6.45) is 0. The number of ether oxygens (including phenoxy) is 2. The van der Waals surface area contributed by atoms with Crippen molar-refractivity contribution in [2.45, 2.75) is 17.9 Å². The van der Waals surface area contributed by atoms with Gasteiger partial charge in [-0.3, -0.25) is 9.52 Å². The Morgan fingerprint density at radius 2 is 1.66 bits per heavy atom. The highest BCUT2D eigenvalue weighted by atomic mass is 35.5. The minimum atomic E-state index is -3.77. The van der Waals surface area contributed by atoms with Gasteiger partial charge in [0.25, 0.3) is 15.9 Å². The van der Waals surface area contributed by atoms with E-state index in [1.165, 1.54) is 24.3 Å². The van der Waals surface area contributed by atoms with E-state index >= 15 is 0 Å². The van der Waals surface area contributed by atoms with Crippen molar-refractivity contribution in [1.82, 2.24) is 5.32 Å². The fraction of sp³-hybridized carbons (Fsp3) is 0.174. The van der Waals surface area contributed by atoms with Gasteiger partial charge in [0.2, 0.25) is 0 Å². The number of methoxy groups -OCH3 is 1. The van der Waals surface area contributed by atoms with Crippen LogP contribution in [0.15, 0.2) is 77.7 Å². The number of hydrogen-bond acceptors (Lipinski definition) is 5. The van der Waals surface area contributed by atoms with Crippen LogP contribution in [0.4, 0.5) is 5.69 Å². The number of benzene rings is 3. The molecule has 1 unspecified atom stereocenters. The Balaban J connectivity index is 1.56. The summed E-state index contributed by atoms with van der Waals surface area (Å²) in [6, 6.07) is 19.3. The predicted octanol–water partition coefficient (Wildman–Crippen LogP) is 4.41. The summed E-state index contributed by atoms with van der Waals surface area (Å²) in [7, 11) is -2.19. The van der Waals surface area contributed by atoms with E-state index in [4.69, 9.17) is 21.1 Å². The fourth-order valence-corrected chi connectivity index (χ4v) is 4.17. The van der Waals surface area contributed by atoms with Gasteiger partial charge in [-0.1, -0.05) is 29.8 Å². The van der Waals surface area contributed by atoms with Crippen LogP contribution in [0.25, 0.3) is 0 Å². The molecule has 0 aliphatic heterocycles. The van der Waals surface area contributed by atoms with Crippen molar-refractivity contribution in [3.05, 3.63) is 83.4 Å². The highest BCUT2D eigenvalue weighted by Crippen LogP contribution is 2.24. The minimum absolute atomic E-state index is 0.0639. The molecule has 168 valence electrons. The Morgan fingerprint density at radius 1 is 1.00 bits per heavy atom. The first-order valence-corrected chi connectivity index (χ1v) is 11.6. The van der Waals surface area contributed by atoms with Crippen molar-refractivity contribution in [2.24, 2.45) is 0 Å². The molecule has 1 atom stereocenters. The molecule has 0 spiro atoms. The van der Waals surface area contributed by atoms with E-state index in [1.54, 1.807) is 31.4 Å². The van der Waals surface area contributed by atoms with E-state index in [0.29, 0.717) is 22.2 Å². The van der Waals surface area contributed by atoms with Crippen LogP contribution in [0, 0.1) is 0 Å². The second-order valence-corrected chi connectivity index (χ2v) is 9.02. The summed E-state index contributed by atoms with van der Waals surface area (Å²) in [5, 5.41) is 3.36. The molecule has 0 fully saturated rings. The van der Waals surface area contributed by atoms with Gasteiger partial charge in [-0.25, -0.2) is 8.42 Å². The fourth-order valence-electron chi connectivity index (χ4n) is 2.98. The first kappa shape index (κ1) is 23.4. The lowest BCUT2D eigenvalue weighted by molar-refractivity contribution is -0.123. The molecule has 2 N–H and O–H groups in total. The zero-order chi connectivity index (χ0) is 23.1. The number of nitrogens with one attached hydrogen (secondary N) is 2. The molecule has 0 aliphatic carbocycles. The molecule has 0 radical (unpaired) electrons. The molecule has 0 saturated carbocycles. The maximum Gasteiger partial charge on any atom is 0.261 e. The summed E-state index contributed by atoms with van der Waals surface area (Å²) >= 11 is 5.82. The van der Waals surface area contributed by atoms with Crippen LogP contribution in [-0.4, -0.2) is 28.0 Å². The average Bonchev–Trinajstić information content (AvgIpc) is 2.79. The van der Waals surface area contributed by atoms with Gasteiger partial charge < -0.3 is 14.8 Å². The lowest BCUT2D eigenvalue weighted by Gasteiger charge is -2.17. The molecule has 0 bridgehead atoms. The van der Waals surface area contributed by atoms with Gasteiger partial charge in [0.15, 0.2) is 6.61 Å². The van der Waals surface area contributed by atoms with E-state index in [0.717, 1.165) is 5.56 Å². The second-order valence-electron chi connectivity index (χ2n) is 6.90. The van der Waals surface area contributed by atoms with Crippen LogP contribution in [-0.2, 0) is 14.8 Å². The van der Waals surface area contributed by atoms with Gasteiger partial charge in [-0.2, -0.15) is 0 Å². The Kier molecular flexibility index (Phi) is 7.61. The number of anilines is 1. The summed E-state index contributed by atoms with van der Waals surface area (Å²) in [6.45, 7) is 1.64. The molecule has 0 aromatic heterocycles. The largest absolute Gasteiger partial charge is 0.496 e. The van der Waals surface area contributed by atoms with Crippen molar-refractivity contribution >= 4 is 33.2 Å². The number of rotatable bonds is 9. The van der Waals surface area contributed by atoms with Gasteiger partial charge >= 0.3 is 0 Å². The summed E-state index contributed by atoms with van der Waals surface area (Å²) < 4.78 is 38.3. The van der Waals surface area contributed by atoms with Crippen molar-refractivity contribution in [3.8, 4) is 11.5 Å². The number of sulfonamides is 1. The quantitative estimate of drug-likeness (QED) is 0.479. The van der Waals surface area contributed by atoms with Gasteiger partial charge in [0.1, 0.15) is 11.5 Å². The van der Waals surface area contributed by atoms with E-state index in [1.807, 2.05) is 31.2 Å². The van der Waals surface area contributed by atoms with E-state index in [2.05, 4.69) is 10.0 Å². The number of carbonyl (C=O) groups excluding carboxylic acids is 1. The monoisotopic (exact) mass is 474 g/mol. The molecular formula is C23H23ClN2O5S. The zero-order valence-electron chi connectivity index (χ0n) is 17.5. The number of halogens is 1. The van der Waals surface area contributed by atoms with Crippen LogP contribution in [0.5, 0.6) is 11.5 Å². The Bertz CT molecular complexity index is 1170. The van der Waals surface area contributed by atoms with Crippen molar-refractivity contribution in [2.75, 3.05) is 18.4 Å². The minimum Gasteiger partial charge on any atom is -0.496 e. The van der Waals surface area contributed by atoms with Gasteiger partial charge in [-0.15, -0.1) is 0 Å². The lowest BCUT2D eigenvalue weighted by atomic mass is 10.1. The highest BCUT2D eigenvalue weighted by Gasteiger charge is 2.16. The molecule has 7 nitrogen and oxygen atoms in total. The molecule has 32 heavy (non-hydrogen) atoms. The standard InChI is InChI=1S/C23H23ClN2O5S/c1-16(21-5-3-4-6-22(21)30-2)25-23(27)15-31-19-11-13-20(14-12-19)32(28,29)26-18-9-7-17(24)8-10-18/h3-14,16,26H,15H2,1-2H3,(H,25,27). The molecule has 3 aromatic rings. The number of amides is 1. The molecule has 0 heterocycles. The number of para-hydroxylation sites is 1. The molecule has 9 heteroatoms. The second kappa shape index (κ2) is 10.4. The maximum absolute atomic E-state index is 12.5. The number of hydrogen-bond donors (Lipinski definition) is 2. The maximum atomic E-state index is 12.5. The third-order valence-corrected chi connectivity index (χ3v) is 6.23. The first-order chi connectivity index (χ1) is 15.3. The third kappa shape index (κ3) is 6.15.